The van der Waals surface area contributed by atoms with Gasteiger partial charge in [-0.15, -0.1) is 0 Å². The number of halogens is 1. The van der Waals surface area contributed by atoms with E-state index >= 15 is 0 Å². The molecular weight excluding hydrogens is 220 g/mol. The molecular formula is C13H19ClN2. The van der Waals surface area contributed by atoms with Gasteiger partial charge in [0.15, 0.2) is 0 Å². The molecule has 0 radical (unpaired) electrons. The van der Waals surface area contributed by atoms with Crippen LogP contribution in [0, 0.1) is 18.8 Å². The molecule has 1 aliphatic rings. The Morgan fingerprint density at radius 2 is 1.94 bits per heavy atom. The molecule has 1 aliphatic heterocycles. The number of nitrogens with zero attached hydrogens (tertiary/aromatic N) is 2. The molecule has 0 N–H and O–H groups in total. The Kier molecular flexibility index (Phi) is 3.38. The number of aromatic nitrogens is 1. The van der Waals surface area contributed by atoms with E-state index < -0.39 is 0 Å². The summed E-state index contributed by atoms with van der Waals surface area (Å²) >= 11 is 5.88. The molecule has 1 aromatic heterocycles. The van der Waals surface area contributed by atoms with Crippen molar-refractivity contribution in [1.29, 1.82) is 0 Å². The van der Waals surface area contributed by atoms with Crippen molar-refractivity contribution in [2.45, 2.75) is 27.2 Å². The Hall–Kier alpha value is -0.760. The van der Waals surface area contributed by atoms with Crippen LogP contribution >= 0.6 is 11.6 Å². The van der Waals surface area contributed by atoms with Crippen molar-refractivity contribution < 1.29 is 0 Å². The lowest BCUT2D eigenvalue weighted by Gasteiger charge is -2.37. The van der Waals surface area contributed by atoms with Crippen LogP contribution in [-0.4, -0.2) is 18.1 Å². The Labute approximate surface area is 103 Å². The Bertz CT molecular complexity index is 368. The Balaban J connectivity index is 2.23. The third-order valence-electron chi connectivity index (χ3n) is 3.26. The zero-order chi connectivity index (χ0) is 11.7. The molecule has 0 aliphatic carbocycles. The van der Waals surface area contributed by atoms with E-state index in [1.807, 2.05) is 12.3 Å². The van der Waals surface area contributed by atoms with Gasteiger partial charge >= 0.3 is 0 Å². The van der Waals surface area contributed by atoms with Crippen molar-refractivity contribution in [1.82, 2.24) is 4.98 Å². The van der Waals surface area contributed by atoms with Gasteiger partial charge in [-0.25, -0.2) is 4.98 Å². The lowest BCUT2D eigenvalue weighted by molar-refractivity contribution is 0.356. The second kappa shape index (κ2) is 4.62. The first kappa shape index (κ1) is 11.7. The van der Waals surface area contributed by atoms with Crippen molar-refractivity contribution in [2.24, 2.45) is 11.8 Å². The number of aryl methyl sites for hydroxylation is 1. The fraction of sp³-hybridized carbons (Fsp3) is 0.615. The van der Waals surface area contributed by atoms with Gasteiger partial charge in [0.2, 0.25) is 0 Å². The highest BCUT2D eigenvalue weighted by atomic mass is 35.5. The van der Waals surface area contributed by atoms with E-state index in [2.05, 4.69) is 30.7 Å². The summed E-state index contributed by atoms with van der Waals surface area (Å²) in [6.07, 6.45) is 3.24. The van der Waals surface area contributed by atoms with Gasteiger partial charge in [-0.1, -0.05) is 25.4 Å². The summed E-state index contributed by atoms with van der Waals surface area (Å²) in [6.45, 7) is 9.01. The van der Waals surface area contributed by atoms with Crippen LogP contribution in [0.5, 0.6) is 0 Å². The maximum atomic E-state index is 5.88. The highest BCUT2D eigenvalue weighted by Gasteiger charge is 2.23. The van der Waals surface area contributed by atoms with Crippen LogP contribution < -0.4 is 4.90 Å². The van der Waals surface area contributed by atoms with Crippen LogP contribution in [0.15, 0.2) is 12.3 Å². The fourth-order valence-electron chi connectivity index (χ4n) is 2.71. The monoisotopic (exact) mass is 238 g/mol. The number of rotatable bonds is 1. The molecule has 0 aromatic carbocycles. The van der Waals surface area contributed by atoms with Gasteiger partial charge in [-0.2, -0.15) is 0 Å². The molecule has 0 spiro atoms. The van der Waals surface area contributed by atoms with Crippen LogP contribution in [0.3, 0.4) is 0 Å². The summed E-state index contributed by atoms with van der Waals surface area (Å²) in [5.74, 6) is 1.53. The lowest BCUT2D eigenvalue weighted by Crippen LogP contribution is -2.39. The first-order chi connectivity index (χ1) is 7.56. The van der Waals surface area contributed by atoms with E-state index in [4.69, 9.17) is 11.6 Å². The van der Waals surface area contributed by atoms with E-state index in [-0.39, 0.29) is 0 Å². The molecule has 1 fully saturated rings. The molecule has 0 amide bonds. The molecule has 2 unspecified atom stereocenters. The summed E-state index contributed by atoms with van der Waals surface area (Å²) < 4.78 is 0. The zero-order valence-corrected chi connectivity index (χ0v) is 11.0. The Morgan fingerprint density at radius 1 is 1.31 bits per heavy atom. The topological polar surface area (TPSA) is 16.1 Å². The van der Waals surface area contributed by atoms with Crippen LogP contribution in [-0.2, 0) is 0 Å². The third-order valence-corrected chi connectivity index (χ3v) is 3.47. The van der Waals surface area contributed by atoms with E-state index in [1.54, 1.807) is 0 Å². The summed E-state index contributed by atoms with van der Waals surface area (Å²) in [7, 11) is 0. The molecule has 1 aromatic rings. The van der Waals surface area contributed by atoms with Crippen LogP contribution in [0.2, 0.25) is 5.15 Å². The molecule has 0 saturated carbocycles. The van der Waals surface area contributed by atoms with Gasteiger partial charge in [0.1, 0.15) is 5.15 Å². The van der Waals surface area contributed by atoms with Gasteiger partial charge in [-0.3, -0.25) is 0 Å². The minimum absolute atomic E-state index is 0.583. The van der Waals surface area contributed by atoms with Crippen LogP contribution in [0.4, 0.5) is 5.69 Å². The average Bonchev–Trinajstić information content (AvgIpc) is 2.15. The van der Waals surface area contributed by atoms with Gasteiger partial charge in [0.05, 0.1) is 11.9 Å². The maximum absolute atomic E-state index is 5.88. The van der Waals surface area contributed by atoms with E-state index in [1.165, 1.54) is 17.7 Å². The summed E-state index contributed by atoms with van der Waals surface area (Å²) in [5.41, 5.74) is 2.46. The normalized spacial score (nSPS) is 25.9. The fourth-order valence-corrected chi connectivity index (χ4v) is 2.92. The minimum Gasteiger partial charge on any atom is -0.370 e. The maximum Gasteiger partial charge on any atom is 0.129 e. The van der Waals surface area contributed by atoms with Crippen molar-refractivity contribution >= 4 is 17.3 Å². The highest BCUT2D eigenvalue weighted by Crippen LogP contribution is 2.28. The van der Waals surface area contributed by atoms with Crippen molar-refractivity contribution in [3.05, 3.63) is 23.0 Å². The predicted molar refractivity (Wildman–Crippen MR) is 69.1 cm³/mol. The molecule has 2 heterocycles. The summed E-state index contributed by atoms with van der Waals surface area (Å²) in [5, 5.41) is 0.583. The van der Waals surface area contributed by atoms with E-state index in [9.17, 15) is 0 Å². The molecule has 0 bridgehead atoms. The van der Waals surface area contributed by atoms with Gasteiger partial charge in [-0.05, 0) is 36.8 Å². The molecule has 2 atom stereocenters. The summed E-state index contributed by atoms with van der Waals surface area (Å²) in [6, 6.07) is 1.95. The summed E-state index contributed by atoms with van der Waals surface area (Å²) in [4.78, 5) is 6.63. The second-order valence-corrected chi connectivity index (χ2v) is 5.53. The number of pyridine rings is 1. The van der Waals surface area contributed by atoms with Gasteiger partial charge in [0, 0.05) is 13.1 Å². The van der Waals surface area contributed by atoms with Crippen molar-refractivity contribution in [3.63, 3.8) is 0 Å². The van der Waals surface area contributed by atoms with Crippen LogP contribution in [0.1, 0.15) is 25.8 Å². The van der Waals surface area contributed by atoms with Crippen LogP contribution in [0.25, 0.3) is 0 Å². The first-order valence-corrected chi connectivity index (χ1v) is 6.31. The molecule has 88 valence electrons. The molecule has 2 nitrogen and oxygen atoms in total. The number of anilines is 1. The number of hydrogen-bond donors (Lipinski definition) is 0. The second-order valence-electron chi connectivity index (χ2n) is 5.14. The molecule has 16 heavy (non-hydrogen) atoms. The molecule has 1 saturated heterocycles. The number of piperidine rings is 1. The lowest BCUT2D eigenvalue weighted by atomic mass is 9.91. The molecule has 2 rings (SSSR count). The highest BCUT2D eigenvalue weighted by molar-refractivity contribution is 6.29. The predicted octanol–water partition coefficient (Wildman–Crippen LogP) is 3.53. The standard InChI is InChI=1S/C13H19ClN2/c1-9-4-10(2)8-16(7-9)12-6-15-13(14)5-11(12)3/h5-6,9-10H,4,7-8H2,1-3H3. The first-order valence-electron chi connectivity index (χ1n) is 5.93. The quantitative estimate of drug-likeness (QED) is 0.696. The minimum atomic E-state index is 0.583. The zero-order valence-electron chi connectivity index (χ0n) is 10.2. The Morgan fingerprint density at radius 3 is 2.50 bits per heavy atom. The smallest absolute Gasteiger partial charge is 0.129 e. The SMILES string of the molecule is Cc1cc(Cl)ncc1N1CC(C)CC(C)C1. The van der Waals surface area contributed by atoms with Crippen molar-refractivity contribution in [2.75, 3.05) is 18.0 Å². The number of hydrogen-bond acceptors (Lipinski definition) is 2. The molecule has 3 heteroatoms. The average molecular weight is 239 g/mol. The van der Waals surface area contributed by atoms with E-state index in [0.29, 0.717) is 5.15 Å². The van der Waals surface area contributed by atoms with E-state index in [0.717, 1.165) is 24.9 Å². The van der Waals surface area contributed by atoms with Gasteiger partial charge < -0.3 is 4.90 Å². The van der Waals surface area contributed by atoms with Crippen molar-refractivity contribution in [3.8, 4) is 0 Å². The third kappa shape index (κ3) is 2.49. The largest absolute Gasteiger partial charge is 0.370 e. The van der Waals surface area contributed by atoms with Gasteiger partial charge in [0.25, 0.3) is 0 Å².